The van der Waals surface area contributed by atoms with Crippen LogP contribution in [0.3, 0.4) is 0 Å². The molecule has 0 amide bonds. The van der Waals surface area contributed by atoms with Crippen LogP contribution in [0, 0.1) is 5.82 Å². The molecule has 0 bridgehead atoms. The first-order chi connectivity index (χ1) is 10.3. The molecule has 0 aliphatic heterocycles. The largest absolute Gasteiger partial charge is 0.354 e. The molecule has 7 heteroatoms. The minimum atomic E-state index is -0.278. The van der Waals surface area contributed by atoms with Gasteiger partial charge in [-0.25, -0.2) is 9.37 Å². The van der Waals surface area contributed by atoms with Gasteiger partial charge < -0.3 is 15.6 Å². The van der Waals surface area contributed by atoms with E-state index in [2.05, 4.69) is 37.5 Å². The van der Waals surface area contributed by atoms with E-state index in [9.17, 15) is 4.39 Å². The number of fused-ring (bicyclic) bond motifs is 1. The van der Waals surface area contributed by atoms with Crippen LogP contribution < -0.4 is 10.6 Å². The van der Waals surface area contributed by atoms with Crippen molar-refractivity contribution in [3.8, 4) is 0 Å². The van der Waals surface area contributed by atoms with Gasteiger partial charge in [0.2, 0.25) is 5.95 Å². The van der Waals surface area contributed by atoms with Crippen molar-refractivity contribution in [1.82, 2.24) is 19.9 Å². The molecule has 1 aromatic carbocycles. The van der Waals surface area contributed by atoms with Gasteiger partial charge >= 0.3 is 0 Å². The number of hydrogen-bond donors (Lipinski definition) is 3. The summed E-state index contributed by atoms with van der Waals surface area (Å²) < 4.78 is 13.0. The number of aromatic nitrogens is 4. The number of benzene rings is 1. The predicted molar refractivity (Wildman–Crippen MR) is 80.1 cm³/mol. The summed E-state index contributed by atoms with van der Waals surface area (Å²) in [5.74, 6) is 0.837. The molecule has 6 nitrogen and oxygen atoms in total. The summed E-state index contributed by atoms with van der Waals surface area (Å²) >= 11 is 0. The third-order valence-electron chi connectivity index (χ3n) is 2.93. The van der Waals surface area contributed by atoms with E-state index in [-0.39, 0.29) is 5.82 Å². The molecule has 0 saturated carbocycles. The molecule has 3 aromatic rings. The van der Waals surface area contributed by atoms with Crippen molar-refractivity contribution in [3.05, 3.63) is 36.4 Å². The number of aromatic amines is 1. The van der Waals surface area contributed by atoms with Crippen LogP contribution in [-0.2, 0) is 0 Å². The molecule has 0 aliphatic carbocycles. The lowest BCUT2D eigenvalue weighted by molar-refractivity contribution is 0.628. The number of anilines is 3. The number of hydrogen-bond acceptors (Lipinski definition) is 5. The summed E-state index contributed by atoms with van der Waals surface area (Å²) in [5.41, 5.74) is 2.03. The molecule has 0 unspecified atom stereocenters. The van der Waals surface area contributed by atoms with E-state index < -0.39 is 0 Å². The van der Waals surface area contributed by atoms with Crippen molar-refractivity contribution in [2.24, 2.45) is 0 Å². The van der Waals surface area contributed by atoms with Crippen molar-refractivity contribution < 1.29 is 4.39 Å². The van der Waals surface area contributed by atoms with Gasteiger partial charge in [0.25, 0.3) is 0 Å². The van der Waals surface area contributed by atoms with E-state index in [1.54, 1.807) is 18.5 Å². The normalized spacial score (nSPS) is 10.8. The molecule has 0 atom stereocenters. The molecule has 3 rings (SSSR count). The SMILES string of the molecule is CCCNc1nc(Nc2ccc(F)cc2)c2[nH]cnc2n1. The monoisotopic (exact) mass is 286 g/mol. The third-order valence-corrected chi connectivity index (χ3v) is 2.93. The molecule has 3 N–H and O–H groups in total. The van der Waals surface area contributed by atoms with Crippen LogP contribution in [0.5, 0.6) is 0 Å². The smallest absolute Gasteiger partial charge is 0.226 e. The lowest BCUT2D eigenvalue weighted by Gasteiger charge is -2.09. The highest BCUT2D eigenvalue weighted by Crippen LogP contribution is 2.22. The Labute approximate surface area is 120 Å². The molecule has 0 fully saturated rings. The van der Waals surface area contributed by atoms with Crippen molar-refractivity contribution in [1.29, 1.82) is 0 Å². The van der Waals surface area contributed by atoms with Crippen molar-refractivity contribution in [3.63, 3.8) is 0 Å². The molecule has 2 aromatic heterocycles. The molecular formula is C14H15FN6. The third kappa shape index (κ3) is 2.91. The Morgan fingerprint density at radius 3 is 2.76 bits per heavy atom. The van der Waals surface area contributed by atoms with Gasteiger partial charge in [0.1, 0.15) is 11.3 Å². The molecule has 2 heterocycles. The first kappa shape index (κ1) is 13.3. The van der Waals surface area contributed by atoms with Gasteiger partial charge in [-0.05, 0) is 30.7 Å². The van der Waals surface area contributed by atoms with E-state index in [1.165, 1.54) is 12.1 Å². The summed E-state index contributed by atoms with van der Waals surface area (Å²) in [7, 11) is 0. The molecule has 0 spiro atoms. The highest BCUT2D eigenvalue weighted by Gasteiger charge is 2.10. The molecule has 0 radical (unpaired) electrons. The van der Waals surface area contributed by atoms with Gasteiger partial charge in [-0.15, -0.1) is 0 Å². The maximum absolute atomic E-state index is 13.0. The number of rotatable bonds is 5. The van der Waals surface area contributed by atoms with Crippen molar-refractivity contribution in [2.45, 2.75) is 13.3 Å². The molecular weight excluding hydrogens is 271 g/mol. The zero-order valence-electron chi connectivity index (χ0n) is 11.5. The summed E-state index contributed by atoms with van der Waals surface area (Å²) in [5, 5.41) is 6.28. The quantitative estimate of drug-likeness (QED) is 0.672. The molecule has 108 valence electrons. The Hall–Kier alpha value is -2.70. The number of halogens is 1. The number of nitrogens with one attached hydrogen (secondary N) is 3. The fraction of sp³-hybridized carbons (Fsp3) is 0.214. The Morgan fingerprint density at radius 2 is 2.00 bits per heavy atom. The highest BCUT2D eigenvalue weighted by atomic mass is 19.1. The first-order valence-corrected chi connectivity index (χ1v) is 6.74. The van der Waals surface area contributed by atoms with Gasteiger partial charge in [-0.2, -0.15) is 9.97 Å². The van der Waals surface area contributed by atoms with Crippen LogP contribution in [0.15, 0.2) is 30.6 Å². The Morgan fingerprint density at radius 1 is 1.19 bits per heavy atom. The topological polar surface area (TPSA) is 78.5 Å². The van der Waals surface area contributed by atoms with E-state index in [4.69, 9.17) is 0 Å². The number of nitrogens with zero attached hydrogens (tertiary/aromatic N) is 3. The standard InChI is InChI=1S/C14H15FN6/c1-2-7-16-14-20-12-11(17-8-18-12)13(21-14)19-10-5-3-9(15)4-6-10/h3-6,8H,2,7H2,1H3,(H3,16,17,18,19,20,21). The van der Waals surface area contributed by atoms with Gasteiger partial charge in [0.05, 0.1) is 6.33 Å². The highest BCUT2D eigenvalue weighted by molar-refractivity contribution is 5.85. The minimum absolute atomic E-state index is 0.278. The van der Waals surface area contributed by atoms with Crippen LogP contribution in [0.1, 0.15) is 13.3 Å². The maximum Gasteiger partial charge on any atom is 0.226 e. The minimum Gasteiger partial charge on any atom is -0.354 e. The molecule has 0 saturated heterocycles. The second kappa shape index (κ2) is 5.74. The molecule has 21 heavy (non-hydrogen) atoms. The average molecular weight is 286 g/mol. The average Bonchev–Trinajstić information content (AvgIpc) is 2.96. The van der Waals surface area contributed by atoms with Crippen LogP contribution in [0.2, 0.25) is 0 Å². The van der Waals surface area contributed by atoms with Crippen LogP contribution >= 0.6 is 0 Å². The van der Waals surface area contributed by atoms with E-state index in [0.717, 1.165) is 18.7 Å². The van der Waals surface area contributed by atoms with E-state index in [0.29, 0.717) is 22.9 Å². The Bertz CT molecular complexity index is 737. The van der Waals surface area contributed by atoms with Gasteiger partial charge in [0.15, 0.2) is 11.5 Å². The van der Waals surface area contributed by atoms with Gasteiger partial charge in [-0.3, -0.25) is 0 Å². The number of imidazole rings is 1. The summed E-state index contributed by atoms with van der Waals surface area (Å²) in [4.78, 5) is 15.9. The maximum atomic E-state index is 13.0. The molecule has 0 aliphatic rings. The summed E-state index contributed by atoms with van der Waals surface area (Å²) in [6, 6.07) is 6.09. The first-order valence-electron chi connectivity index (χ1n) is 6.74. The zero-order valence-corrected chi connectivity index (χ0v) is 11.5. The van der Waals surface area contributed by atoms with E-state index in [1.807, 2.05) is 0 Å². The van der Waals surface area contributed by atoms with Crippen molar-refractivity contribution >= 4 is 28.6 Å². The lowest BCUT2D eigenvalue weighted by Crippen LogP contribution is -2.06. The second-order valence-corrected chi connectivity index (χ2v) is 4.56. The predicted octanol–water partition coefficient (Wildman–Crippen LogP) is 3.06. The van der Waals surface area contributed by atoms with Crippen LogP contribution in [0.4, 0.5) is 21.8 Å². The number of H-pyrrole nitrogens is 1. The van der Waals surface area contributed by atoms with Crippen LogP contribution in [-0.4, -0.2) is 26.5 Å². The summed E-state index contributed by atoms with van der Waals surface area (Å²) in [6.45, 7) is 2.85. The second-order valence-electron chi connectivity index (χ2n) is 4.56. The summed E-state index contributed by atoms with van der Waals surface area (Å²) in [6.07, 6.45) is 2.54. The zero-order chi connectivity index (χ0) is 14.7. The van der Waals surface area contributed by atoms with Gasteiger partial charge in [0, 0.05) is 12.2 Å². The fourth-order valence-corrected chi connectivity index (χ4v) is 1.91. The van der Waals surface area contributed by atoms with Crippen molar-refractivity contribution in [2.75, 3.05) is 17.2 Å². The Balaban J connectivity index is 1.95. The fourth-order valence-electron chi connectivity index (χ4n) is 1.91. The van der Waals surface area contributed by atoms with Gasteiger partial charge in [-0.1, -0.05) is 6.92 Å². The van der Waals surface area contributed by atoms with E-state index >= 15 is 0 Å². The lowest BCUT2D eigenvalue weighted by atomic mass is 10.3. The Kier molecular flexibility index (Phi) is 3.63. The van der Waals surface area contributed by atoms with Crippen LogP contribution in [0.25, 0.3) is 11.2 Å².